The van der Waals surface area contributed by atoms with Gasteiger partial charge in [0.1, 0.15) is 35.4 Å². The molecule has 2 aromatic heterocycles. The van der Waals surface area contributed by atoms with E-state index < -0.39 is 10.8 Å². The molecular weight excluding hydrogens is 1100 g/mol. The molecule has 0 saturated heterocycles. The molecular formula is C78H47N5O2S2. The summed E-state index contributed by atoms with van der Waals surface area (Å²) in [6.45, 7) is 8.49. The molecule has 0 atom stereocenters. The maximum atomic E-state index is 14.3. The largest absolute Gasteiger partial charge is 0.353 e. The number of thiophene rings is 2. The molecule has 0 unspecified atom stereocenters. The summed E-state index contributed by atoms with van der Waals surface area (Å²) in [5.74, 6) is -0.463. The van der Waals surface area contributed by atoms with Gasteiger partial charge in [-0.2, -0.15) is 21.0 Å². The number of hydrogen-bond donors (Lipinski definition) is 1. The van der Waals surface area contributed by atoms with Crippen molar-refractivity contribution in [1.82, 2.24) is 0 Å². The number of hydrogen-bond acceptors (Lipinski definition) is 9. The fourth-order valence-electron chi connectivity index (χ4n) is 14.1. The Balaban J connectivity index is 0.992. The van der Waals surface area contributed by atoms with Crippen molar-refractivity contribution in [2.24, 2.45) is 0 Å². The lowest BCUT2D eigenvalue weighted by atomic mass is 9.65. The van der Waals surface area contributed by atoms with Crippen molar-refractivity contribution in [2.75, 3.05) is 5.32 Å². The highest BCUT2D eigenvalue weighted by atomic mass is 32.1. The molecule has 0 fully saturated rings. The predicted octanol–water partition coefficient (Wildman–Crippen LogP) is 18.1. The fraction of sp³-hybridized carbons (Fsp3) is 0.0769. The van der Waals surface area contributed by atoms with E-state index in [1.54, 1.807) is 59.2 Å². The van der Waals surface area contributed by atoms with Gasteiger partial charge in [-0.3, -0.25) is 9.59 Å². The molecule has 11 aromatic rings. The molecule has 2 heterocycles. The number of nitrogens with zero attached hydrogens (tertiary/aromatic N) is 4. The van der Waals surface area contributed by atoms with Gasteiger partial charge in [0.25, 0.3) is 0 Å². The molecule has 0 aliphatic heterocycles. The second-order valence-corrected chi connectivity index (χ2v) is 25.2. The standard InChI is InChI=1S/C78H47N5O2S2/c1-43-13-21-51(22-14-43)77(52-23-15-44(2)16-24-52)66-35-63-61-31-48-32-72(83-42-65-74(50(40-81)41-82)57-10-6-8-12-59(57)76(65)85)87-71(48)37-69(61)78(53-25-17-45(3)18-26-53,54-27-19-46(4)20-28-54)67(63)34-62(66)60-30-47-29-55(86-70(47)36-68(60)77)33-64-73(49(38-79)39-80)56-9-5-7-11-58(56)75(64)84/h5-37,42,83H,1-4H3/b64-33-,65-42-. The number of allylic oxidation sites excluding steroid dienone is 6. The Morgan fingerprint density at radius 3 is 1.18 bits per heavy atom. The smallest absolute Gasteiger partial charge is 0.195 e. The van der Waals surface area contributed by atoms with E-state index >= 15 is 0 Å². The van der Waals surface area contributed by atoms with Gasteiger partial charge in [0, 0.05) is 53.9 Å². The maximum absolute atomic E-state index is 14.3. The SMILES string of the molecule is Cc1ccc(C2(c3ccc(C)cc3)c3cc4c(cc3-c3cc5cc(/C=C6\C(=O)c7ccccc7C6=C(C#N)C#N)sc5cc32)C(c2ccc(C)cc2)(c2ccc(C)cc2)c2cc3sc(N/C=C5\C(=O)c6ccccc6C5=C(C#N)C#N)cc3cc2-4)cc1. The summed E-state index contributed by atoms with van der Waals surface area (Å²) in [6.07, 6.45) is 3.50. The van der Waals surface area contributed by atoms with Crippen LogP contribution in [0.2, 0.25) is 0 Å². The van der Waals surface area contributed by atoms with E-state index in [1.807, 2.05) is 36.4 Å². The number of nitriles is 4. The van der Waals surface area contributed by atoms with Crippen molar-refractivity contribution in [3.05, 3.63) is 317 Å². The van der Waals surface area contributed by atoms with Crippen LogP contribution in [0, 0.1) is 73.0 Å². The van der Waals surface area contributed by atoms with Crippen molar-refractivity contribution >= 4 is 76.6 Å². The summed E-state index contributed by atoms with van der Waals surface area (Å²) in [5.41, 5.74) is 19.7. The molecule has 9 heteroatoms. The number of carbonyl (C=O) groups excluding carboxylic acids is 2. The highest BCUT2D eigenvalue weighted by molar-refractivity contribution is 7.22. The van der Waals surface area contributed by atoms with Crippen LogP contribution in [0.15, 0.2) is 223 Å². The summed E-state index contributed by atoms with van der Waals surface area (Å²) in [7, 11) is 0. The molecule has 0 bridgehead atoms. The molecule has 9 aromatic carbocycles. The van der Waals surface area contributed by atoms with Crippen molar-refractivity contribution in [1.29, 1.82) is 21.0 Å². The zero-order valence-corrected chi connectivity index (χ0v) is 49.2. The molecule has 15 rings (SSSR count). The molecule has 0 amide bonds. The summed E-state index contributed by atoms with van der Waals surface area (Å²) in [4.78, 5) is 29.1. The minimum atomic E-state index is -0.816. The van der Waals surface area contributed by atoms with Crippen LogP contribution in [0.5, 0.6) is 0 Å². The third-order valence-electron chi connectivity index (χ3n) is 18.1. The molecule has 1 N–H and O–H groups in total. The summed E-state index contributed by atoms with van der Waals surface area (Å²) >= 11 is 3.17. The predicted molar refractivity (Wildman–Crippen MR) is 348 cm³/mol. The normalized spacial score (nSPS) is 15.3. The van der Waals surface area contributed by atoms with Crippen LogP contribution in [-0.2, 0) is 10.8 Å². The Kier molecular flexibility index (Phi) is 12.0. The number of anilines is 1. The van der Waals surface area contributed by atoms with E-state index in [-0.39, 0.29) is 28.3 Å². The van der Waals surface area contributed by atoms with Gasteiger partial charge in [0.2, 0.25) is 0 Å². The third kappa shape index (κ3) is 7.68. The summed E-state index contributed by atoms with van der Waals surface area (Å²) in [6, 6.07) is 77.0. The number of aryl methyl sites for hydroxylation is 4. The van der Waals surface area contributed by atoms with Gasteiger partial charge in [-0.15, -0.1) is 22.7 Å². The molecule has 0 saturated carbocycles. The minimum Gasteiger partial charge on any atom is -0.353 e. The van der Waals surface area contributed by atoms with Gasteiger partial charge < -0.3 is 5.32 Å². The van der Waals surface area contributed by atoms with Crippen LogP contribution in [0.25, 0.3) is 59.6 Å². The number of nitrogens with one attached hydrogen (secondary N) is 1. The van der Waals surface area contributed by atoms with Gasteiger partial charge in [0.05, 0.1) is 15.8 Å². The van der Waals surface area contributed by atoms with Crippen LogP contribution < -0.4 is 5.32 Å². The number of benzene rings is 9. The molecule has 7 nitrogen and oxygen atoms in total. The average Bonchev–Trinajstić information content (AvgIpc) is 1.60. The zero-order valence-electron chi connectivity index (χ0n) is 47.6. The molecule has 0 spiro atoms. The Hall–Kier alpha value is -11.0. The molecule has 4 aliphatic rings. The van der Waals surface area contributed by atoms with Crippen LogP contribution in [0.1, 0.15) is 103 Å². The lowest BCUT2D eigenvalue weighted by Gasteiger charge is -2.36. The quantitative estimate of drug-likeness (QED) is 0.124. The Morgan fingerprint density at radius 2 is 0.759 bits per heavy atom. The van der Waals surface area contributed by atoms with E-state index in [9.17, 15) is 30.6 Å². The Bertz CT molecular complexity index is 5110. The molecule has 87 heavy (non-hydrogen) atoms. The Labute approximate surface area is 510 Å². The lowest BCUT2D eigenvalue weighted by molar-refractivity contribution is 0.103. The van der Waals surface area contributed by atoms with E-state index in [4.69, 9.17) is 0 Å². The summed E-state index contributed by atoms with van der Waals surface area (Å²) < 4.78 is 2.07. The first kappa shape index (κ1) is 52.7. The van der Waals surface area contributed by atoms with Crippen molar-refractivity contribution in [3.8, 4) is 46.5 Å². The number of carbonyl (C=O) groups is 2. The maximum Gasteiger partial charge on any atom is 0.195 e. The van der Waals surface area contributed by atoms with Crippen molar-refractivity contribution < 1.29 is 9.59 Å². The third-order valence-corrected chi connectivity index (χ3v) is 20.2. The van der Waals surface area contributed by atoms with Crippen molar-refractivity contribution in [3.63, 3.8) is 0 Å². The fourth-order valence-corrected chi connectivity index (χ4v) is 16.1. The zero-order chi connectivity index (χ0) is 59.6. The minimum absolute atomic E-state index is 0.0968. The monoisotopic (exact) mass is 1150 g/mol. The van der Waals surface area contributed by atoms with Crippen LogP contribution in [-0.4, -0.2) is 11.6 Å². The number of rotatable bonds is 7. The van der Waals surface area contributed by atoms with Crippen LogP contribution in [0.4, 0.5) is 5.00 Å². The topological polar surface area (TPSA) is 141 Å². The van der Waals surface area contributed by atoms with E-state index in [1.165, 1.54) is 0 Å². The van der Waals surface area contributed by atoms with Gasteiger partial charge in [-0.05, 0) is 171 Å². The average molecular weight is 1150 g/mol. The molecule has 408 valence electrons. The van der Waals surface area contributed by atoms with Gasteiger partial charge in [0.15, 0.2) is 11.6 Å². The highest BCUT2D eigenvalue weighted by Gasteiger charge is 2.52. The first-order valence-electron chi connectivity index (χ1n) is 28.6. The van der Waals surface area contributed by atoms with E-state index in [2.05, 4.69) is 191 Å². The summed E-state index contributed by atoms with van der Waals surface area (Å²) in [5, 5.41) is 46.8. The second kappa shape index (κ2) is 19.8. The van der Waals surface area contributed by atoms with Crippen LogP contribution >= 0.6 is 22.7 Å². The molecule has 4 aliphatic carbocycles. The number of ketones is 2. The lowest BCUT2D eigenvalue weighted by Crippen LogP contribution is -2.30. The van der Waals surface area contributed by atoms with Gasteiger partial charge >= 0.3 is 0 Å². The van der Waals surface area contributed by atoms with Crippen LogP contribution in [0.3, 0.4) is 0 Å². The van der Waals surface area contributed by atoms with Gasteiger partial charge in [-0.25, -0.2) is 0 Å². The highest BCUT2D eigenvalue weighted by Crippen LogP contribution is 2.64. The van der Waals surface area contributed by atoms with E-state index in [0.29, 0.717) is 39.0 Å². The number of Topliss-reactive ketones (excluding diaryl/α,β-unsaturated/α-hetero) is 2. The van der Waals surface area contributed by atoms with Gasteiger partial charge in [-0.1, -0.05) is 168 Å². The number of fused-ring (bicyclic) bond motifs is 10. The molecule has 0 radical (unpaired) electrons. The van der Waals surface area contributed by atoms with Crippen molar-refractivity contribution in [2.45, 2.75) is 38.5 Å². The van der Waals surface area contributed by atoms with E-state index in [0.717, 1.165) is 119 Å². The first-order chi connectivity index (χ1) is 42.4. The first-order valence-corrected chi connectivity index (χ1v) is 30.2. The Morgan fingerprint density at radius 1 is 0.402 bits per heavy atom. The second-order valence-electron chi connectivity index (χ2n) is 23.0.